The van der Waals surface area contributed by atoms with Gasteiger partial charge in [0.2, 0.25) is 0 Å². The van der Waals surface area contributed by atoms with E-state index in [9.17, 15) is 0 Å². The van der Waals surface area contributed by atoms with Crippen LogP contribution in [0.15, 0.2) is 24.3 Å². The maximum Gasteiger partial charge on any atom is -0.0202 e. The van der Waals surface area contributed by atoms with Crippen LogP contribution in [0.3, 0.4) is 0 Å². The highest BCUT2D eigenvalue weighted by Crippen LogP contribution is 2.13. The van der Waals surface area contributed by atoms with Gasteiger partial charge in [0.25, 0.3) is 0 Å². The van der Waals surface area contributed by atoms with E-state index in [1.165, 1.54) is 0 Å². The van der Waals surface area contributed by atoms with E-state index in [0.29, 0.717) is 11.8 Å². The Labute approximate surface area is 71.0 Å². The molecule has 0 fully saturated rings. The van der Waals surface area contributed by atoms with Crippen LogP contribution >= 0.6 is 0 Å². The zero-order chi connectivity index (χ0) is 8.69. The summed E-state index contributed by atoms with van der Waals surface area (Å²) in [6.07, 6.45) is 10.1. The molecular weight excluding hydrogens is 132 g/mol. The molecule has 0 heterocycles. The fraction of sp³-hybridized carbons (Fsp3) is 0.636. The van der Waals surface area contributed by atoms with Crippen molar-refractivity contribution in [1.29, 1.82) is 0 Å². The van der Waals surface area contributed by atoms with Crippen LogP contribution in [0.5, 0.6) is 0 Å². The van der Waals surface area contributed by atoms with Crippen LogP contribution in [0.25, 0.3) is 0 Å². The molecule has 2 atom stereocenters. The predicted octanol–water partition coefficient (Wildman–Crippen LogP) is 3.80. The summed E-state index contributed by atoms with van der Waals surface area (Å²) in [6, 6.07) is 0. The van der Waals surface area contributed by atoms with Gasteiger partial charge in [0, 0.05) is 0 Å². The van der Waals surface area contributed by atoms with Gasteiger partial charge in [-0.25, -0.2) is 0 Å². The molecule has 0 aromatic carbocycles. The summed E-state index contributed by atoms with van der Waals surface area (Å²) in [6.45, 7) is 8.76. The van der Waals surface area contributed by atoms with Gasteiger partial charge in [0.1, 0.15) is 0 Å². The Morgan fingerprint density at radius 1 is 1.09 bits per heavy atom. The topological polar surface area (TPSA) is 0 Å². The van der Waals surface area contributed by atoms with Crippen LogP contribution in [0, 0.1) is 11.8 Å². The Kier molecular flexibility index (Phi) is 5.91. The van der Waals surface area contributed by atoms with Gasteiger partial charge in [-0.1, -0.05) is 45.1 Å². The minimum absolute atomic E-state index is 0.669. The Hall–Kier alpha value is -0.520. The normalized spacial score (nSPS) is 17.8. The van der Waals surface area contributed by atoms with Crippen LogP contribution in [-0.2, 0) is 0 Å². The SMILES string of the molecule is CC=CC(C)C(C)C=CCC. The minimum Gasteiger partial charge on any atom is -0.0914 e. The lowest BCUT2D eigenvalue weighted by Gasteiger charge is -2.10. The van der Waals surface area contributed by atoms with E-state index in [-0.39, 0.29) is 0 Å². The van der Waals surface area contributed by atoms with Crippen LogP contribution in [0.4, 0.5) is 0 Å². The first-order valence-corrected chi connectivity index (χ1v) is 4.51. The fourth-order valence-corrected chi connectivity index (χ4v) is 1.00. The van der Waals surface area contributed by atoms with Crippen molar-refractivity contribution in [3.8, 4) is 0 Å². The summed E-state index contributed by atoms with van der Waals surface area (Å²) in [5.74, 6) is 1.34. The van der Waals surface area contributed by atoms with Gasteiger partial charge < -0.3 is 0 Å². The van der Waals surface area contributed by atoms with Crippen molar-refractivity contribution in [1.82, 2.24) is 0 Å². The third kappa shape index (κ3) is 4.83. The lowest BCUT2D eigenvalue weighted by Crippen LogP contribution is -2.00. The van der Waals surface area contributed by atoms with Gasteiger partial charge in [-0.2, -0.15) is 0 Å². The predicted molar refractivity (Wildman–Crippen MR) is 52.6 cm³/mol. The largest absolute Gasteiger partial charge is 0.0914 e. The highest BCUT2D eigenvalue weighted by atomic mass is 14.1. The van der Waals surface area contributed by atoms with Crippen LogP contribution in [-0.4, -0.2) is 0 Å². The third-order valence-electron chi connectivity index (χ3n) is 2.00. The van der Waals surface area contributed by atoms with Gasteiger partial charge in [-0.15, -0.1) is 0 Å². The van der Waals surface area contributed by atoms with Crippen LogP contribution in [0.1, 0.15) is 34.1 Å². The molecule has 0 spiro atoms. The Morgan fingerprint density at radius 3 is 2.09 bits per heavy atom. The Balaban J connectivity index is 3.81. The first-order chi connectivity index (χ1) is 5.22. The van der Waals surface area contributed by atoms with Crippen molar-refractivity contribution in [2.24, 2.45) is 11.8 Å². The van der Waals surface area contributed by atoms with Crippen molar-refractivity contribution < 1.29 is 0 Å². The number of hydrogen-bond acceptors (Lipinski definition) is 0. The molecule has 0 aromatic heterocycles. The van der Waals surface area contributed by atoms with Gasteiger partial charge >= 0.3 is 0 Å². The Morgan fingerprint density at radius 2 is 1.64 bits per heavy atom. The minimum atomic E-state index is 0.669. The second-order valence-electron chi connectivity index (χ2n) is 3.08. The molecule has 0 N–H and O–H groups in total. The van der Waals surface area contributed by atoms with Crippen molar-refractivity contribution in [3.05, 3.63) is 24.3 Å². The number of rotatable bonds is 4. The van der Waals surface area contributed by atoms with E-state index in [2.05, 4.69) is 52.0 Å². The van der Waals surface area contributed by atoms with Gasteiger partial charge in [-0.05, 0) is 25.2 Å². The first-order valence-electron chi connectivity index (χ1n) is 4.51. The summed E-state index contributed by atoms with van der Waals surface area (Å²) in [5.41, 5.74) is 0. The van der Waals surface area contributed by atoms with Crippen LogP contribution < -0.4 is 0 Å². The molecule has 0 amide bonds. The molecule has 11 heavy (non-hydrogen) atoms. The maximum atomic E-state index is 2.30. The second kappa shape index (κ2) is 6.21. The van der Waals surface area contributed by atoms with E-state index in [1.807, 2.05) is 0 Å². The molecule has 0 aliphatic heterocycles. The average molecular weight is 152 g/mol. The lowest BCUT2D eigenvalue weighted by atomic mass is 9.95. The molecule has 0 aliphatic carbocycles. The number of hydrogen-bond donors (Lipinski definition) is 0. The first kappa shape index (κ1) is 10.5. The number of allylic oxidation sites excluding steroid dienone is 4. The standard InChI is InChI=1S/C11H20/c1-5-7-9-11(4)10(3)8-6-2/h6-11H,5H2,1-4H3. The zero-order valence-electron chi connectivity index (χ0n) is 8.17. The smallest absolute Gasteiger partial charge is 0.0202 e. The fourth-order valence-electron chi connectivity index (χ4n) is 1.00. The van der Waals surface area contributed by atoms with Gasteiger partial charge in [-0.3, -0.25) is 0 Å². The maximum absolute atomic E-state index is 2.30. The summed E-state index contributed by atoms with van der Waals surface area (Å²) >= 11 is 0. The van der Waals surface area contributed by atoms with E-state index in [0.717, 1.165) is 6.42 Å². The zero-order valence-corrected chi connectivity index (χ0v) is 8.17. The molecule has 0 bridgehead atoms. The highest BCUT2D eigenvalue weighted by Gasteiger charge is 2.03. The summed E-state index contributed by atoms with van der Waals surface area (Å²) in [5, 5.41) is 0. The molecule has 0 aliphatic rings. The lowest BCUT2D eigenvalue weighted by molar-refractivity contribution is 0.556. The Bertz CT molecular complexity index is 131. The van der Waals surface area contributed by atoms with Crippen molar-refractivity contribution >= 4 is 0 Å². The van der Waals surface area contributed by atoms with E-state index in [1.54, 1.807) is 0 Å². The van der Waals surface area contributed by atoms with Crippen molar-refractivity contribution in [3.63, 3.8) is 0 Å². The molecule has 0 saturated heterocycles. The monoisotopic (exact) mass is 152 g/mol. The van der Waals surface area contributed by atoms with E-state index < -0.39 is 0 Å². The third-order valence-corrected chi connectivity index (χ3v) is 2.00. The summed E-state index contributed by atoms with van der Waals surface area (Å²) < 4.78 is 0. The molecule has 64 valence electrons. The van der Waals surface area contributed by atoms with Gasteiger partial charge in [0.05, 0.1) is 0 Å². The van der Waals surface area contributed by atoms with Crippen molar-refractivity contribution in [2.75, 3.05) is 0 Å². The summed E-state index contributed by atoms with van der Waals surface area (Å²) in [7, 11) is 0. The quantitative estimate of drug-likeness (QED) is 0.537. The molecule has 0 nitrogen and oxygen atoms in total. The molecule has 0 heteroatoms. The molecular formula is C11H20. The van der Waals surface area contributed by atoms with E-state index >= 15 is 0 Å². The van der Waals surface area contributed by atoms with E-state index in [4.69, 9.17) is 0 Å². The molecule has 0 aromatic rings. The van der Waals surface area contributed by atoms with Crippen LogP contribution in [0.2, 0.25) is 0 Å². The summed E-state index contributed by atoms with van der Waals surface area (Å²) in [4.78, 5) is 0. The highest BCUT2D eigenvalue weighted by molar-refractivity contribution is 4.95. The van der Waals surface area contributed by atoms with Gasteiger partial charge in [0.15, 0.2) is 0 Å². The molecule has 2 unspecified atom stereocenters. The molecule has 0 saturated carbocycles. The second-order valence-corrected chi connectivity index (χ2v) is 3.08. The van der Waals surface area contributed by atoms with Crippen molar-refractivity contribution in [2.45, 2.75) is 34.1 Å². The molecule has 0 radical (unpaired) electrons. The molecule has 0 rings (SSSR count). The average Bonchev–Trinajstić information content (AvgIpc) is 2.00.